The molecule has 0 heterocycles. The van der Waals surface area contributed by atoms with Crippen LogP contribution in [0.4, 0.5) is 14.5 Å². The van der Waals surface area contributed by atoms with Gasteiger partial charge in [-0.25, -0.2) is 13.6 Å². The van der Waals surface area contributed by atoms with Crippen molar-refractivity contribution in [2.24, 2.45) is 0 Å². The number of benzene rings is 3. The van der Waals surface area contributed by atoms with Crippen molar-refractivity contribution in [2.75, 3.05) is 45.3 Å². The minimum atomic E-state index is -0.866. The average Bonchev–Trinajstić information content (AvgIpc) is 3.06. The van der Waals surface area contributed by atoms with Crippen LogP contribution >= 0.6 is 16.3 Å². The zero-order valence-electron chi connectivity index (χ0n) is 27.5. The molecule has 10 heteroatoms. The lowest BCUT2D eigenvalue weighted by Crippen LogP contribution is -2.49. The fourth-order valence-corrected chi connectivity index (χ4v) is 5.02. The number of unbranched alkanes of at least 4 members (excludes halogenated alkanes) is 5. The summed E-state index contributed by atoms with van der Waals surface area (Å²) in [5.74, 6) is -1.94. The Morgan fingerprint density at radius 1 is 0.826 bits per heavy atom. The van der Waals surface area contributed by atoms with Gasteiger partial charge in [0.25, 0.3) is 5.91 Å². The Balaban J connectivity index is 0.00000236. The predicted molar refractivity (Wildman–Crippen MR) is 182 cm³/mol. The van der Waals surface area contributed by atoms with Crippen molar-refractivity contribution in [3.8, 4) is 5.75 Å². The van der Waals surface area contributed by atoms with Gasteiger partial charge in [-0.15, -0.1) is 0 Å². The van der Waals surface area contributed by atoms with E-state index in [4.69, 9.17) is 9.47 Å². The van der Waals surface area contributed by atoms with E-state index in [0.717, 1.165) is 18.9 Å². The van der Waals surface area contributed by atoms with Crippen molar-refractivity contribution >= 4 is 33.8 Å². The molecule has 0 aliphatic carbocycles. The Bertz CT molecular complexity index is 1340. The van der Waals surface area contributed by atoms with Crippen LogP contribution in [0, 0.1) is 11.6 Å². The van der Waals surface area contributed by atoms with Crippen LogP contribution in [0.25, 0.3) is 0 Å². The van der Waals surface area contributed by atoms with Crippen LogP contribution in [0.1, 0.15) is 85.6 Å². The molecular weight excluding hydrogens is 658 g/mol. The van der Waals surface area contributed by atoms with Crippen molar-refractivity contribution in [2.45, 2.75) is 65.8 Å². The normalized spacial score (nSPS) is 10.9. The number of carbonyl (C=O) groups excluding carboxylic acids is 2. The Hall–Kier alpha value is -3.34. The fourth-order valence-electron chi connectivity index (χ4n) is 5.02. The number of rotatable bonds is 18. The Morgan fingerprint density at radius 2 is 1.48 bits per heavy atom. The first-order chi connectivity index (χ1) is 22.2. The van der Waals surface area contributed by atoms with Gasteiger partial charge in [0.15, 0.2) is 11.6 Å². The first kappa shape index (κ1) is 38.8. The highest BCUT2D eigenvalue weighted by atomic mass is 79.9. The van der Waals surface area contributed by atoms with Crippen LogP contribution in [0.5, 0.6) is 5.75 Å². The SMILES string of the molecule is CCCCCCCCOc1ccccc1C(=O)Nc1ccc(C(=O)OCC[N+](CC)(CC)Cc2cccc(F)c2F)cc1.COBr. The summed E-state index contributed by atoms with van der Waals surface area (Å²) >= 11 is 2.65. The van der Waals surface area contributed by atoms with Crippen LogP contribution in [-0.4, -0.2) is 56.3 Å². The average molecular weight is 707 g/mol. The van der Waals surface area contributed by atoms with Crippen molar-refractivity contribution in [3.63, 3.8) is 0 Å². The van der Waals surface area contributed by atoms with Crippen molar-refractivity contribution in [1.82, 2.24) is 0 Å². The number of likely N-dealkylation sites (N-methyl/N-ethyl adjacent to an activating group) is 1. The summed E-state index contributed by atoms with van der Waals surface area (Å²) in [7, 11) is 1.54. The second-order valence-electron chi connectivity index (χ2n) is 11.0. The van der Waals surface area contributed by atoms with Gasteiger partial charge < -0.3 is 23.1 Å². The van der Waals surface area contributed by atoms with Crippen LogP contribution in [-0.2, 0) is 15.1 Å². The van der Waals surface area contributed by atoms with Gasteiger partial charge in [0.2, 0.25) is 0 Å². The third kappa shape index (κ3) is 12.8. The van der Waals surface area contributed by atoms with E-state index >= 15 is 0 Å². The molecule has 0 atom stereocenters. The molecule has 3 rings (SSSR count). The van der Waals surface area contributed by atoms with Crippen LogP contribution < -0.4 is 10.1 Å². The van der Waals surface area contributed by atoms with Gasteiger partial charge >= 0.3 is 5.97 Å². The maximum Gasteiger partial charge on any atom is 0.338 e. The second-order valence-corrected chi connectivity index (χ2v) is 11.7. The van der Waals surface area contributed by atoms with Gasteiger partial charge in [0.05, 0.1) is 54.2 Å². The summed E-state index contributed by atoms with van der Waals surface area (Å²) in [6.45, 7) is 8.96. The second kappa shape index (κ2) is 21.5. The molecule has 3 aromatic carbocycles. The Labute approximate surface area is 281 Å². The first-order valence-corrected chi connectivity index (χ1v) is 16.6. The minimum absolute atomic E-state index is 0.130. The van der Waals surface area contributed by atoms with E-state index in [2.05, 4.69) is 32.3 Å². The molecule has 0 aromatic heterocycles. The highest BCUT2D eigenvalue weighted by Gasteiger charge is 2.27. The number of hydrogen-bond acceptors (Lipinski definition) is 5. The largest absolute Gasteiger partial charge is 0.493 e. The van der Waals surface area contributed by atoms with Crippen LogP contribution in [0.2, 0.25) is 0 Å². The van der Waals surface area contributed by atoms with Crippen molar-refractivity contribution < 1.29 is 36.2 Å². The molecule has 0 spiro atoms. The minimum Gasteiger partial charge on any atom is -0.493 e. The number of anilines is 1. The lowest BCUT2D eigenvalue weighted by molar-refractivity contribution is -0.937. The highest BCUT2D eigenvalue weighted by Crippen LogP contribution is 2.22. The summed E-state index contributed by atoms with van der Waals surface area (Å²) in [5, 5.41) is 2.87. The lowest BCUT2D eigenvalue weighted by atomic mass is 10.1. The fraction of sp³-hybridized carbons (Fsp3) is 0.444. The third-order valence-electron chi connectivity index (χ3n) is 7.94. The smallest absolute Gasteiger partial charge is 0.338 e. The highest BCUT2D eigenvalue weighted by molar-refractivity contribution is 9.06. The van der Waals surface area contributed by atoms with E-state index in [9.17, 15) is 18.4 Å². The predicted octanol–water partition coefficient (Wildman–Crippen LogP) is 9.11. The quantitative estimate of drug-likeness (QED) is 0.0812. The summed E-state index contributed by atoms with van der Waals surface area (Å²) in [5.41, 5.74) is 1.64. The van der Waals surface area contributed by atoms with E-state index < -0.39 is 17.6 Å². The number of nitrogens with zero attached hydrogens (tertiary/aromatic N) is 1. The first-order valence-electron chi connectivity index (χ1n) is 16.0. The molecule has 7 nitrogen and oxygen atoms in total. The van der Waals surface area contributed by atoms with E-state index in [1.54, 1.807) is 55.6 Å². The number of amides is 1. The number of esters is 1. The zero-order chi connectivity index (χ0) is 33.8. The van der Waals surface area contributed by atoms with Gasteiger partial charge in [-0.3, -0.25) is 4.79 Å². The lowest BCUT2D eigenvalue weighted by Gasteiger charge is -2.36. The molecule has 0 unspecified atom stereocenters. The summed E-state index contributed by atoms with van der Waals surface area (Å²) < 4.78 is 44.0. The van der Waals surface area contributed by atoms with E-state index in [0.29, 0.717) is 65.4 Å². The molecule has 1 N–H and O–H groups in total. The monoisotopic (exact) mass is 705 g/mol. The number of hydrogen-bond donors (Lipinski definition) is 1. The number of carbonyl (C=O) groups is 2. The molecule has 0 fully saturated rings. The number of quaternary nitrogens is 1. The Kier molecular flexibility index (Phi) is 18.1. The van der Waals surface area contributed by atoms with Gasteiger partial charge in [-0.05, 0) is 62.7 Å². The molecule has 0 saturated heterocycles. The zero-order valence-corrected chi connectivity index (χ0v) is 29.0. The summed E-state index contributed by atoms with van der Waals surface area (Å²) in [4.78, 5) is 25.7. The summed E-state index contributed by atoms with van der Waals surface area (Å²) in [6, 6.07) is 17.9. The van der Waals surface area contributed by atoms with Crippen molar-refractivity contribution in [3.05, 3.63) is 95.1 Å². The van der Waals surface area contributed by atoms with Crippen molar-refractivity contribution in [1.29, 1.82) is 0 Å². The summed E-state index contributed by atoms with van der Waals surface area (Å²) in [6.07, 6.45) is 6.96. The molecule has 0 aliphatic rings. The molecular formula is C36H48BrF2N2O5+. The molecule has 0 saturated carbocycles. The molecule has 3 aromatic rings. The van der Waals surface area contributed by atoms with Gasteiger partial charge in [-0.1, -0.05) is 63.3 Å². The number of halogens is 3. The maximum absolute atomic E-state index is 14.3. The molecule has 0 aliphatic heterocycles. The molecule has 0 radical (unpaired) electrons. The number of ether oxygens (including phenoxy) is 2. The molecule has 0 bridgehead atoms. The van der Waals surface area contributed by atoms with Gasteiger partial charge in [-0.2, -0.15) is 0 Å². The van der Waals surface area contributed by atoms with E-state index in [1.165, 1.54) is 31.7 Å². The topological polar surface area (TPSA) is 73.9 Å². The maximum atomic E-state index is 14.3. The van der Waals surface area contributed by atoms with Crippen LogP contribution in [0.3, 0.4) is 0 Å². The molecule has 252 valence electrons. The van der Waals surface area contributed by atoms with Gasteiger partial charge in [0.1, 0.15) is 25.4 Å². The molecule has 1 amide bonds. The van der Waals surface area contributed by atoms with E-state index in [-0.39, 0.29) is 12.5 Å². The number of nitrogens with one attached hydrogen (secondary N) is 1. The van der Waals surface area contributed by atoms with Crippen LogP contribution in [0.15, 0.2) is 66.7 Å². The van der Waals surface area contributed by atoms with E-state index in [1.807, 2.05) is 19.9 Å². The Morgan fingerprint density at radius 3 is 2.15 bits per heavy atom. The molecule has 46 heavy (non-hydrogen) atoms. The van der Waals surface area contributed by atoms with Gasteiger partial charge in [0, 0.05) is 11.3 Å². The standard InChI is InChI=1S/C35H44F2N2O4.CH3BrO/c1-4-7-8-9-10-13-24-42-32-18-12-11-16-30(32)34(40)38-29-21-19-27(20-22-29)35(41)43-25-23-39(5-2,6-3)26-28-15-14-17-31(36)33(28)37;1-3-2/h11-12,14-22H,4-10,13,23-26H2,1-3H3;1H3/p+1. The number of para-hydroxylation sites is 1. The third-order valence-corrected chi connectivity index (χ3v) is 7.94.